The fraction of sp³-hybridized carbons (Fsp3) is 0.323. The average Bonchev–Trinajstić information content (AvgIpc) is 3.66. The Kier molecular flexibility index (Phi) is 8.77. The first kappa shape index (κ1) is 28.7. The standard InChI is InChI=1S/C31H33N5O6/c1-3-41-28-17-21(14-15-27(28)38)30(31(40)32-18-22-9-8-16-42-22)36(25-12-6-4-10-23(25)20(2)37)29(39)19-35-26-13-7-5-11-24(26)33-34-35/h4-7,10-15,17,22,30,38H,3,8-9,16,18-19H2,1-2H3,(H,32,40)/t22-,30+/m0/s1. The number of hydrogen-bond donors (Lipinski definition) is 2. The maximum absolute atomic E-state index is 14.3. The van der Waals surface area contributed by atoms with Gasteiger partial charge in [-0.15, -0.1) is 5.10 Å². The molecule has 0 unspecified atom stereocenters. The van der Waals surface area contributed by atoms with E-state index in [-0.39, 0.29) is 54.3 Å². The zero-order valence-corrected chi connectivity index (χ0v) is 23.5. The van der Waals surface area contributed by atoms with E-state index in [9.17, 15) is 19.5 Å². The zero-order valence-electron chi connectivity index (χ0n) is 23.5. The molecule has 2 heterocycles. The molecule has 0 aliphatic carbocycles. The van der Waals surface area contributed by atoms with Gasteiger partial charge in [-0.2, -0.15) is 0 Å². The summed E-state index contributed by atoms with van der Waals surface area (Å²) >= 11 is 0. The maximum atomic E-state index is 14.3. The smallest absolute Gasteiger partial charge is 0.249 e. The average molecular weight is 572 g/mol. The number of anilines is 1. The lowest BCUT2D eigenvalue weighted by molar-refractivity contribution is -0.127. The van der Waals surface area contributed by atoms with Crippen molar-refractivity contribution in [3.05, 3.63) is 77.9 Å². The third-order valence-electron chi connectivity index (χ3n) is 7.15. The van der Waals surface area contributed by atoms with E-state index in [4.69, 9.17) is 9.47 Å². The molecular weight excluding hydrogens is 538 g/mol. The number of hydrogen-bond acceptors (Lipinski definition) is 8. The lowest BCUT2D eigenvalue weighted by Gasteiger charge is -2.33. The maximum Gasteiger partial charge on any atom is 0.249 e. The molecule has 0 bridgehead atoms. The molecule has 0 spiro atoms. The molecule has 1 aromatic heterocycles. The summed E-state index contributed by atoms with van der Waals surface area (Å²) in [7, 11) is 0. The number of ketones is 1. The summed E-state index contributed by atoms with van der Waals surface area (Å²) in [6.45, 7) is 4.10. The summed E-state index contributed by atoms with van der Waals surface area (Å²) in [6.07, 6.45) is 1.58. The highest BCUT2D eigenvalue weighted by molar-refractivity contribution is 6.08. The van der Waals surface area contributed by atoms with Crippen LogP contribution in [0.15, 0.2) is 66.7 Å². The van der Waals surface area contributed by atoms with Crippen molar-refractivity contribution in [3.8, 4) is 11.5 Å². The molecule has 3 aromatic carbocycles. The highest BCUT2D eigenvalue weighted by atomic mass is 16.5. The summed E-state index contributed by atoms with van der Waals surface area (Å²) < 4.78 is 12.8. The van der Waals surface area contributed by atoms with Crippen molar-refractivity contribution < 1.29 is 29.0 Å². The van der Waals surface area contributed by atoms with Gasteiger partial charge in [-0.1, -0.05) is 35.5 Å². The van der Waals surface area contributed by atoms with Gasteiger partial charge in [0.15, 0.2) is 17.3 Å². The number of amides is 2. The summed E-state index contributed by atoms with van der Waals surface area (Å²) in [5.41, 5.74) is 2.19. The number of phenols is 1. The first-order chi connectivity index (χ1) is 20.4. The van der Waals surface area contributed by atoms with Crippen LogP contribution in [0.25, 0.3) is 11.0 Å². The minimum Gasteiger partial charge on any atom is -0.504 e. The molecular formula is C31H33N5O6. The number of para-hydroxylation sites is 2. The molecule has 2 amide bonds. The van der Waals surface area contributed by atoms with Crippen LogP contribution < -0.4 is 15.0 Å². The van der Waals surface area contributed by atoms with E-state index >= 15 is 0 Å². The van der Waals surface area contributed by atoms with E-state index in [2.05, 4.69) is 15.6 Å². The largest absolute Gasteiger partial charge is 0.504 e. The SMILES string of the molecule is CCOc1cc([C@H](C(=O)NC[C@@H]2CCCO2)N(C(=O)Cn2nnc3ccccc32)c2ccccc2C(C)=O)ccc1O. The zero-order chi connectivity index (χ0) is 29.6. The Bertz CT molecular complexity index is 1600. The minimum atomic E-state index is -1.23. The van der Waals surface area contributed by atoms with E-state index in [1.54, 1.807) is 49.4 Å². The van der Waals surface area contributed by atoms with Gasteiger partial charge >= 0.3 is 0 Å². The Morgan fingerprint density at radius 1 is 1.14 bits per heavy atom. The molecule has 1 saturated heterocycles. The lowest BCUT2D eigenvalue weighted by atomic mass is 9.99. The summed E-state index contributed by atoms with van der Waals surface area (Å²) in [5.74, 6) is -1.18. The van der Waals surface area contributed by atoms with Crippen LogP contribution >= 0.6 is 0 Å². The quantitative estimate of drug-likeness (QED) is 0.260. The number of carbonyl (C=O) groups is 3. The summed E-state index contributed by atoms with van der Waals surface area (Å²) in [5, 5.41) is 21.7. The second-order valence-corrected chi connectivity index (χ2v) is 10.0. The third-order valence-corrected chi connectivity index (χ3v) is 7.15. The fourth-order valence-corrected chi connectivity index (χ4v) is 5.14. The normalized spacial score (nSPS) is 15.3. The van der Waals surface area contributed by atoms with E-state index < -0.39 is 17.9 Å². The molecule has 1 fully saturated rings. The number of nitrogens with zero attached hydrogens (tertiary/aromatic N) is 4. The van der Waals surface area contributed by atoms with Crippen molar-refractivity contribution in [1.82, 2.24) is 20.3 Å². The molecule has 5 rings (SSSR count). The van der Waals surface area contributed by atoms with Crippen LogP contribution in [-0.2, 0) is 20.9 Å². The van der Waals surface area contributed by atoms with E-state index in [1.807, 2.05) is 12.1 Å². The first-order valence-corrected chi connectivity index (χ1v) is 13.9. The van der Waals surface area contributed by atoms with Gasteiger partial charge < -0.3 is 19.9 Å². The van der Waals surface area contributed by atoms with Crippen molar-refractivity contribution in [2.45, 2.75) is 45.4 Å². The van der Waals surface area contributed by atoms with Crippen LogP contribution in [0.5, 0.6) is 11.5 Å². The second kappa shape index (κ2) is 12.8. The molecule has 11 nitrogen and oxygen atoms in total. The predicted octanol–water partition coefficient (Wildman–Crippen LogP) is 3.81. The number of carbonyl (C=O) groups excluding carboxylic acids is 3. The Labute approximate surface area is 243 Å². The predicted molar refractivity (Wildman–Crippen MR) is 155 cm³/mol. The van der Waals surface area contributed by atoms with Gasteiger partial charge in [-0.05, 0) is 68.7 Å². The Hall–Kier alpha value is -4.77. The van der Waals surface area contributed by atoms with Crippen LogP contribution in [-0.4, -0.2) is 63.6 Å². The molecule has 42 heavy (non-hydrogen) atoms. The topological polar surface area (TPSA) is 136 Å². The molecule has 0 radical (unpaired) electrons. The number of Topliss-reactive ketones (excluding diaryl/α,β-unsaturated/α-hetero) is 1. The number of rotatable bonds is 11. The number of aromatic nitrogens is 3. The molecule has 1 aliphatic rings. The lowest BCUT2D eigenvalue weighted by Crippen LogP contribution is -2.47. The van der Waals surface area contributed by atoms with Gasteiger partial charge in [0, 0.05) is 18.7 Å². The van der Waals surface area contributed by atoms with Gasteiger partial charge in [-0.25, -0.2) is 4.68 Å². The minimum absolute atomic E-state index is 0.102. The van der Waals surface area contributed by atoms with Crippen LogP contribution in [0.4, 0.5) is 5.69 Å². The van der Waals surface area contributed by atoms with Gasteiger partial charge in [0.1, 0.15) is 18.1 Å². The van der Waals surface area contributed by atoms with E-state index in [0.29, 0.717) is 23.2 Å². The molecule has 218 valence electrons. The number of benzene rings is 3. The molecule has 2 atom stereocenters. The number of nitrogens with one attached hydrogen (secondary N) is 1. The van der Waals surface area contributed by atoms with E-state index in [1.165, 1.54) is 28.6 Å². The van der Waals surface area contributed by atoms with Gasteiger partial charge in [0.25, 0.3) is 0 Å². The Morgan fingerprint density at radius 3 is 2.69 bits per heavy atom. The van der Waals surface area contributed by atoms with Crippen molar-refractivity contribution in [1.29, 1.82) is 0 Å². The van der Waals surface area contributed by atoms with Gasteiger partial charge in [0.05, 0.1) is 23.9 Å². The van der Waals surface area contributed by atoms with E-state index in [0.717, 1.165) is 12.8 Å². The fourth-order valence-electron chi connectivity index (χ4n) is 5.14. The highest BCUT2D eigenvalue weighted by Crippen LogP contribution is 2.36. The van der Waals surface area contributed by atoms with Crippen LogP contribution in [0.2, 0.25) is 0 Å². The molecule has 1 aliphatic heterocycles. The third kappa shape index (κ3) is 6.10. The Balaban J connectivity index is 1.62. The number of aromatic hydroxyl groups is 1. The summed E-state index contributed by atoms with van der Waals surface area (Å²) in [6, 6.07) is 17.2. The first-order valence-electron chi connectivity index (χ1n) is 13.9. The molecule has 0 saturated carbocycles. The monoisotopic (exact) mass is 571 g/mol. The number of fused-ring (bicyclic) bond motifs is 1. The summed E-state index contributed by atoms with van der Waals surface area (Å²) in [4.78, 5) is 42.5. The van der Waals surface area contributed by atoms with Crippen LogP contribution in [0.1, 0.15) is 48.7 Å². The van der Waals surface area contributed by atoms with Gasteiger partial charge in [0.2, 0.25) is 11.8 Å². The molecule has 11 heteroatoms. The molecule has 2 N–H and O–H groups in total. The van der Waals surface area contributed by atoms with Crippen LogP contribution in [0, 0.1) is 0 Å². The number of ether oxygens (including phenoxy) is 2. The van der Waals surface area contributed by atoms with Crippen molar-refractivity contribution in [2.75, 3.05) is 24.7 Å². The van der Waals surface area contributed by atoms with Crippen molar-refractivity contribution >= 4 is 34.3 Å². The highest BCUT2D eigenvalue weighted by Gasteiger charge is 2.36. The van der Waals surface area contributed by atoms with Crippen molar-refractivity contribution in [2.24, 2.45) is 0 Å². The second-order valence-electron chi connectivity index (χ2n) is 10.0. The van der Waals surface area contributed by atoms with Crippen LogP contribution in [0.3, 0.4) is 0 Å². The molecule has 4 aromatic rings. The Morgan fingerprint density at radius 2 is 1.93 bits per heavy atom. The number of phenolic OH excluding ortho intramolecular Hbond substituents is 1. The van der Waals surface area contributed by atoms with Gasteiger partial charge in [-0.3, -0.25) is 19.3 Å². The van der Waals surface area contributed by atoms with Crippen molar-refractivity contribution in [3.63, 3.8) is 0 Å².